The van der Waals surface area contributed by atoms with Gasteiger partial charge < -0.3 is 5.11 Å². The highest BCUT2D eigenvalue weighted by Gasteiger charge is 2.26. The lowest BCUT2D eigenvalue weighted by molar-refractivity contribution is -0.138. The van der Waals surface area contributed by atoms with Gasteiger partial charge in [-0.05, 0) is 44.5 Å². The smallest absolute Gasteiger partial charge is 0.317 e. The summed E-state index contributed by atoms with van der Waals surface area (Å²) in [4.78, 5) is 15.2. The summed E-state index contributed by atoms with van der Waals surface area (Å²) in [6.07, 6.45) is 2.06. The third-order valence-electron chi connectivity index (χ3n) is 4.39. The van der Waals surface area contributed by atoms with Crippen molar-refractivity contribution in [2.24, 2.45) is 0 Å². The van der Waals surface area contributed by atoms with Gasteiger partial charge in [0.15, 0.2) is 0 Å². The molecule has 1 atom stereocenters. The molecule has 0 spiro atoms. The highest BCUT2D eigenvalue weighted by atomic mass is 79.9. The predicted molar refractivity (Wildman–Crippen MR) is 94.7 cm³/mol. The minimum Gasteiger partial charge on any atom is -0.480 e. The summed E-state index contributed by atoms with van der Waals surface area (Å²) in [5.74, 6) is -0.748. The molecule has 0 saturated carbocycles. The van der Waals surface area contributed by atoms with Gasteiger partial charge in [0.2, 0.25) is 0 Å². The number of likely N-dealkylation sites (N-methyl/N-ethyl adjacent to an activating group) is 1. The van der Waals surface area contributed by atoms with E-state index in [0.717, 1.165) is 30.4 Å². The van der Waals surface area contributed by atoms with Crippen LogP contribution in [-0.2, 0) is 4.79 Å². The van der Waals surface area contributed by atoms with Crippen molar-refractivity contribution in [2.75, 3.05) is 26.7 Å². The first kappa shape index (κ1) is 19.4. The van der Waals surface area contributed by atoms with Crippen molar-refractivity contribution in [1.29, 1.82) is 0 Å². The summed E-state index contributed by atoms with van der Waals surface area (Å²) in [6.45, 7) is 4.40. The van der Waals surface area contributed by atoms with Crippen LogP contribution in [-0.4, -0.2) is 53.6 Å². The molecule has 0 aliphatic carbocycles. The van der Waals surface area contributed by atoms with Gasteiger partial charge in [0.1, 0.15) is 0 Å². The topological polar surface area (TPSA) is 43.8 Å². The molecule has 4 nitrogen and oxygen atoms in total. The highest BCUT2D eigenvalue weighted by molar-refractivity contribution is 9.10. The Morgan fingerprint density at radius 1 is 1.45 bits per heavy atom. The summed E-state index contributed by atoms with van der Waals surface area (Å²) in [5, 5.41) is 8.87. The van der Waals surface area contributed by atoms with Crippen LogP contribution in [0, 0.1) is 0 Å². The number of rotatable bonds is 5. The summed E-state index contributed by atoms with van der Waals surface area (Å²) >= 11 is 3.53. The second-order valence-corrected chi connectivity index (χ2v) is 6.72. The summed E-state index contributed by atoms with van der Waals surface area (Å²) in [5.41, 5.74) is 1.32. The largest absolute Gasteiger partial charge is 0.480 e. The monoisotopic (exact) mass is 390 g/mol. The number of hydrogen-bond donors (Lipinski definition) is 1. The van der Waals surface area contributed by atoms with E-state index in [1.807, 2.05) is 18.0 Å². The van der Waals surface area contributed by atoms with E-state index in [9.17, 15) is 4.79 Å². The Morgan fingerprint density at radius 3 is 2.64 bits per heavy atom. The van der Waals surface area contributed by atoms with Crippen molar-refractivity contribution in [3.05, 3.63) is 34.3 Å². The molecular formula is C16H24BrClN2O2. The van der Waals surface area contributed by atoms with Crippen molar-refractivity contribution in [3.63, 3.8) is 0 Å². The molecule has 22 heavy (non-hydrogen) atoms. The van der Waals surface area contributed by atoms with Gasteiger partial charge in [0, 0.05) is 29.6 Å². The lowest BCUT2D eigenvalue weighted by Crippen LogP contribution is -2.45. The Kier molecular flexibility index (Phi) is 7.83. The van der Waals surface area contributed by atoms with Gasteiger partial charge in [-0.3, -0.25) is 14.6 Å². The number of carboxylic acids is 1. The molecule has 1 N–H and O–H groups in total. The fourth-order valence-electron chi connectivity index (χ4n) is 3.03. The number of nitrogens with zero attached hydrogens (tertiary/aromatic N) is 2. The van der Waals surface area contributed by atoms with E-state index in [2.05, 4.69) is 46.0 Å². The van der Waals surface area contributed by atoms with Crippen molar-refractivity contribution in [1.82, 2.24) is 9.80 Å². The van der Waals surface area contributed by atoms with Gasteiger partial charge in [0.25, 0.3) is 0 Å². The van der Waals surface area contributed by atoms with Crippen LogP contribution in [0.1, 0.15) is 31.4 Å². The lowest BCUT2D eigenvalue weighted by Gasteiger charge is -2.39. The van der Waals surface area contributed by atoms with Crippen molar-refractivity contribution in [2.45, 2.75) is 31.8 Å². The van der Waals surface area contributed by atoms with Crippen LogP contribution in [0.4, 0.5) is 0 Å². The molecular weight excluding hydrogens is 368 g/mol. The first-order valence-corrected chi connectivity index (χ1v) is 8.18. The fourth-order valence-corrected chi connectivity index (χ4v) is 3.45. The molecule has 1 unspecified atom stereocenters. The average Bonchev–Trinajstić information content (AvgIpc) is 2.46. The number of carbonyl (C=O) groups is 1. The van der Waals surface area contributed by atoms with E-state index in [1.165, 1.54) is 5.56 Å². The molecule has 2 rings (SSSR count). The zero-order valence-corrected chi connectivity index (χ0v) is 15.4. The SMILES string of the molecule is CC(c1cccc(Br)c1)N1CCC(N(C)CC(=O)O)CC1.Cl. The van der Waals surface area contributed by atoms with Crippen LogP contribution in [0.5, 0.6) is 0 Å². The highest BCUT2D eigenvalue weighted by Crippen LogP contribution is 2.27. The van der Waals surface area contributed by atoms with E-state index in [-0.39, 0.29) is 19.0 Å². The van der Waals surface area contributed by atoms with Crippen molar-refractivity contribution in [3.8, 4) is 0 Å². The number of aliphatic carboxylic acids is 1. The van der Waals surface area contributed by atoms with E-state index in [0.29, 0.717) is 12.1 Å². The van der Waals surface area contributed by atoms with Crippen LogP contribution >= 0.6 is 28.3 Å². The van der Waals surface area contributed by atoms with Crippen molar-refractivity contribution >= 4 is 34.3 Å². The van der Waals surface area contributed by atoms with Gasteiger partial charge in [-0.1, -0.05) is 28.1 Å². The molecule has 1 aliphatic heterocycles. The van der Waals surface area contributed by atoms with Gasteiger partial charge in [-0.15, -0.1) is 12.4 Å². The molecule has 1 heterocycles. The molecule has 1 saturated heterocycles. The predicted octanol–water partition coefficient (Wildman–Crippen LogP) is 3.41. The molecule has 0 radical (unpaired) electrons. The zero-order valence-electron chi connectivity index (χ0n) is 13.0. The van der Waals surface area contributed by atoms with E-state index in [4.69, 9.17) is 5.11 Å². The second kappa shape index (κ2) is 8.87. The number of likely N-dealkylation sites (tertiary alicyclic amines) is 1. The molecule has 1 aromatic rings. The Labute approximate surface area is 147 Å². The van der Waals surface area contributed by atoms with Gasteiger partial charge in [0.05, 0.1) is 6.54 Å². The van der Waals surface area contributed by atoms with Crippen LogP contribution < -0.4 is 0 Å². The third kappa shape index (κ3) is 5.23. The quantitative estimate of drug-likeness (QED) is 0.835. The first-order valence-electron chi connectivity index (χ1n) is 7.39. The minimum atomic E-state index is -0.748. The number of benzene rings is 1. The average molecular weight is 392 g/mol. The van der Waals surface area contributed by atoms with Crippen LogP contribution in [0.15, 0.2) is 28.7 Å². The molecule has 0 amide bonds. The minimum absolute atomic E-state index is 0. The fraction of sp³-hybridized carbons (Fsp3) is 0.562. The number of carboxylic acid groups (broad SMARTS) is 1. The lowest BCUT2D eigenvalue weighted by atomic mass is 9.99. The molecule has 124 valence electrons. The van der Waals surface area contributed by atoms with Gasteiger partial charge >= 0.3 is 5.97 Å². The second-order valence-electron chi connectivity index (χ2n) is 5.81. The molecule has 1 aromatic carbocycles. The van der Waals surface area contributed by atoms with E-state index in [1.54, 1.807) is 0 Å². The zero-order chi connectivity index (χ0) is 15.4. The van der Waals surface area contributed by atoms with Gasteiger partial charge in [-0.25, -0.2) is 0 Å². The maximum Gasteiger partial charge on any atom is 0.317 e. The van der Waals surface area contributed by atoms with Crippen LogP contribution in [0.2, 0.25) is 0 Å². The Hall–Kier alpha value is -0.620. The van der Waals surface area contributed by atoms with Gasteiger partial charge in [-0.2, -0.15) is 0 Å². The number of hydrogen-bond acceptors (Lipinski definition) is 3. The normalized spacial score (nSPS) is 18.0. The maximum absolute atomic E-state index is 10.8. The number of halogens is 2. The number of piperidine rings is 1. The summed E-state index contributed by atoms with van der Waals surface area (Å²) in [6, 6.07) is 9.23. The summed E-state index contributed by atoms with van der Waals surface area (Å²) < 4.78 is 1.11. The van der Waals surface area contributed by atoms with Crippen LogP contribution in [0.25, 0.3) is 0 Å². The molecule has 0 bridgehead atoms. The standard InChI is InChI=1S/C16H23BrN2O2.ClH/c1-12(13-4-3-5-14(17)10-13)19-8-6-15(7-9-19)18(2)11-16(20)21;/h3-5,10,12,15H,6-9,11H2,1-2H3,(H,20,21);1H. The molecule has 1 fully saturated rings. The van der Waals surface area contributed by atoms with Crippen molar-refractivity contribution < 1.29 is 9.90 Å². The first-order chi connectivity index (χ1) is 9.97. The Morgan fingerprint density at radius 2 is 2.09 bits per heavy atom. The van der Waals surface area contributed by atoms with E-state index >= 15 is 0 Å². The molecule has 6 heteroatoms. The maximum atomic E-state index is 10.8. The van der Waals surface area contributed by atoms with E-state index < -0.39 is 5.97 Å². The molecule has 0 aromatic heterocycles. The Balaban J connectivity index is 0.00000242. The van der Waals surface area contributed by atoms with Crippen LogP contribution in [0.3, 0.4) is 0 Å². The Bertz CT molecular complexity index is 493. The molecule has 1 aliphatic rings. The summed E-state index contributed by atoms with van der Waals surface area (Å²) in [7, 11) is 1.91. The third-order valence-corrected chi connectivity index (χ3v) is 4.88.